The summed E-state index contributed by atoms with van der Waals surface area (Å²) in [6, 6.07) is 12.2. The predicted octanol–water partition coefficient (Wildman–Crippen LogP) is 4.85. The topological polar surface area (TPSA) is 99.4 Å². The van der Waals surface area contributed by atoms with Crippen LogP contribution in [0.3, 0.4) is 0 Å². The molecule has 0 unspecified atom stereocenters. The zero-order valence-corrected chi connectivity index (χ0v) is 17.1. The lowest BCUT2D eigenvalue weighted by atomic mass is 9.89. The van der Waals surface area contributed by atoms with Gasteiger partial charge in [-0.3, -0.25) is 0 Å². The van der Waals surface area contributed by atoms with Crippen molar-refractivity contribution in [3.05, 3.63) is 54.0 Å². The van der Waals surface area contributed by atoms with Gasteiger partial charge in [-0.1, -0.05) is 43.0 Å². The molecule has 7 heteroatoms. The number of hydrogen-bond donors (Lipinski definition) is 2. The number of aryl methyl sites for hydroxylation is 1. The van der Waals surface area contributed by atoms with Crippen LogP contribution in [-0.4, -0.2) is 26.7 Å². The Morgan fingerprint density at radius 3 is 2.63 bits per heavy atom. The van der Waals surface area contributed by atoms with Gasteiger partial charge in [-0.05, 0) is 31.7 Å². The summed E-state index contributed by atoms with van der Waals surface area (Å²) in [5, 5.41) is 24.5. The van der Waals surface area contributed by atoms with Crippen molar-refractivity contribution in [2.24, 2.45) is 5.92 Å². The maximum atomic E-state index is 8.88. The Balaban J connectivity index is 1.59. The van der Waals surface area contributed by atoms with E-state index in [1.54, 1.807) is 0 Å². The average Bonchev–Trinajstić information content (AvgIpc) is 2.79. The summed E-state index contributed by atoms with van der Waals surface area (Å²) in [5.74, 6) is 1.79. The number of aromatic nitrogens is 4. The van der Waals surface area contributed by atoms with Gasteiger partial charge in [0.1, 0.15) is 17.6 Å². The second-order valence-electron chi connectivity index (χ2n) is 7.77. The molecule has 152 valence electrons. The van der Waals surface area contributed by atoms with E-state index < -0.39 is 0 Å². The molecule has 1 aliphatic carbocycles. The van der Waals surface area contributed by atoms with Gasteiger partial charge in [-0.2, -0.15) is 5.26 Å². The summed E-state index contributed by atoms with van der Waals surface area (Å²) in [4.78, 5) is 8.24. The van der Waals surface area contributed by atoms with Crippen molar-refractivity contribution in [1.29, 1.82) is 5.26 Å². The lowest BCUT2D eigenvalue weighted by Crippen LogP contribution is -2.18. The van der Waals surface area contributed by atoms with Crippen LogP contribution in [0.4, 0.5) is 17.3 Å². The van der Waals surface area contributed by atoms with E-state index >= 15 is 0 Å². The minimum absolute atomic E-state index is 0.274. The van der Waals surface area contributed by atoms with Gasteiger partial charge >= 0.3 is 0 Å². The van der Waals surface area contributed by atoms with Crippen LogP contribution >= 0.6 is 0 Å². The standard InChI is InChI=1S/C23H25N7/c1-16-6-5-9-18(10-16)23-20(26-13-17-7-3-2-4-8-17)11-21(29-30-23)28-22-15-25-19(12-24)14-27-22/h5-6,9-11,14-15,17H,2-4,7-8,13H2,1H3,(H2,26,27,28,29). The first-order valence-electron chi connectivity index (χ1n) is 10.4. The highest BCUT2D eigenvalue weighted by Crippen LogP contribution is 2.30. The highest BCUT2D eigenvalue weighted by atomic mass is 15.2. The summed E-state index contributed by atoms with van der Waals surface area (Å²) < 4.78 is 0. The van der Waals surface area contributed by atoms with Crippen LogP contribution in [0.15, 0.2) is 42.7 Å². The average molecular weight is 400 g/mol. The summed E-state index contributed by atoms with van der Waals surface area (Å²) in [5.41, 5.74) is 4.29. The monoisotopic (exact) mass is 399 g/mol. The fourth-order valence-corrected chi connectivity index (χ4v) is 3.82. The molecule has 1 aliphatic rings. The molecule has 1 fully saturated rings. The Hall–Kier alpha value is -3.53. The number of anilines is 3. The third kappa shape index (κ3) is 4.90. The van der Waals surface area contributed by atoms with Crippen LogP contribution in [0.1, 0.15) is 43.4 Å². The van der Waals surface area contributed by atoms with E-state index in [0.717, 1.165) is 23.5 Å². The van der Waals surface area contributed by atoms with Gasteiger partial charge in [0.25, 0.3) is 0 Å². The van der Waals surface area contributed by atoms with Gasteiger partial charge in [0.15, 0.2) is 11.5 Å². The lowest BCUT2D eigenvalue weighted by Gasteiger charge is -2.23. The van der Waals surface area contributed by atoms with Gasteiger partial charge in [-0.15, -0.1) is 10.2 Å². The number of nitrogens with zero attached hydrogens (tertiary/aromatic N) is 5. The number of nitriles is 1. The van der Waals surface area contributed by atoms with Gasteiger partial charge in [0.05, 0.1) is 18.1 Å². The first kappa shape index (κ1) is 19.8. The molecule has 0 spiro atoms. The van der Waals surface area contributed by atoms with Crippen molar-refractivity contribution >= 4 is 17.3 Å². The van der Waals surface area contributed by atoms with Crippen molar-refractivity contribution in [2.45, 2.75) is 39.0 Å². The van der Waals surface area contributed by atoms with E-state index in [2.05, 4.69) is 55.9 Å². The smallest absolute Gasteiger partial charge is 0.158 e. The zero-order valence-electron chi connectivity index (χ0n) is 17.1. The molecule has 1 saturated carbocycles. The number of rotatable bonds is 6. The van der Waals surface area contributed by atoms with Crippen LogP contribution in [-0.2, 0) is 0 Å². The maximum Gasteiger partial charge on any atom is 0.158 e. The number of nitrogens with one attached hydrogen (secondary N) is 2. The highest BCUT2D eigenvalue weighted by molar-refractivity contribution is 5.76. The zero-order chi connectivity index (χ0) is 20.8. The SMILES string of the molecule is Cc1cccc(-c2nnc(Nc3cnc(C#N)cn3)cc2NCC2CCCCC2)c1. The summed E-state index contributed by atoms with van der Waals surface area (Å²) >= 11 is 0. The fraction of sp³-hybridized carbons (Fsp3) is 0.348. The molecule has 2 aromatic heterocycles. The van der Waals surface area contributed by atoms with Crippen molar-refractivity contribution in [2.75, 3.05) is 17.2 Å². The van der Waals surface area contributed by atoms with Gasteiger partial charge < -0.3 is 10.6 Å². The van der Waals surface area contributed by atoms with E-state index in [-0.39, 0.29) is 5.69 Å². The van der Waals surface area contributed by atoms with E-state index in [0.29, 0.717) is 17.6 Å². The molecule has 2 N–H and O–H groups in total. The fourth-order valence-electron chi connectivity index (χ4n) is 3.82. The maximum absolute atomic E-state index is 8.88. The quantitative estimate of drug-likeness (QED) is 0.611. The third-order valence-corrected chi connectivity index (χ3v) is 5.41. The van der Waals surface area contributed by atoms with E-state index in [9.17, 15) is 0 Å². The van der Waals surface area contributed by atoms with Gasteiger partial charge in [0, 0.05) is 18.2 Å². The molecular weight excluding hydrogens is 374 g/mol. The molecule has 7 nitrogen and oxygen atoms in total. The van der Waals surface area contributed by atoms with Crippen LogP contribution in [0, 0.1) is 24.2 Å². The Bertz CT molecular complexity index is 1030. The molecule has 0 atom stereocenters. The minimum atomic E-state index is 0.274. The van der Waals surface area contributed by atoms with Crippen LogP contribution < -0.4 is 10.6 Å². The molecule has 0 amide bonds. The van der Waals surface area contributed by atoms with Crippen molar-refractivity contribution < 1.29 is 0 Å². The van der Waals surface area contributed by atoms with E-state index in [1.807, 2.05) is 18.2 Å². The van der Waals surface area contributed by atoms with Crippen LogP contribution in [0.25, 0.3) is 11.3 Å². The molecule has 4 rings (SSSR count). The molecule has 1 aromatic carbocycles. The predicted molar refractivity (Wildman–Crippen MR) is 117 cm³/mol. The van der Waals surface area contributed by atoms with E-state index in [4.69, 9.17) is 5.26 Å². The Morgan fingerprint density at radius 1 is 1.03 bits per heavy atom. The summed E-state index contributed by atoms with van der Waals surface area (Å²) in [7, 11) is 0. The summed E-state index contributed by atoms with van der Waals surface area (Å²) in [6.07, 6.45) is 9.48. The lowest BCUT2D eigenvalue weighted by molar-refractivity contribution is 0.373. The molecule has 0 radical (unpaired) electrons. The Kier molecular flexibility index (Phi) is 6.14. The second kappa shape index (κ2) is 9.31. The first-order chi connectivity index (χ1) is 14.7. The second-order valence-corrected chi connectivity index (χ2v) is 7.77. The molecule has 0 saturated heterocycles. The summed E-state index contributed by atoms with van der Waals surface area (Å²) in [6.45, 7) is 3.01. The van der Waals surface area contributed by atoms with Crippen molar-refractivity contribution in [3.63, 3.8) is 0 Å². The minimum Gasteiger partial charge on any atom is -0.383 e. The highest BCUT2D eigenvalue weighted by Gasteiger charge is 2.16. The molecular formula is C23H25N7. The number of benzene rings is 1. The Labute approximate surface area is 176 Å². The van der Waals surface area contributed by atoms with Crippen LogP contribution in [0.5, 0.6) is 0 Å². The molecule has 30 heavy (non-hydrogen) atoms. The normalized spacial score (nSPS) is 14.1. The van der Waals surface area contributed by atoms with Crippen LogP contribution in [0.2, 0.25) is 0 Å². The van der Waals surface area contributed by atoms with Crippen molar-refractivity contribution in [1.82, 2.24) is 20.2 Å². The van der Waals surface area contributed by atoms with Gasteiger partial charge in [-0.25, -0.2) is 9.97 Å². The van der Waals surface area contributed by atoms with Crippen molar-refractivity contribution in [3.8, 4) is 17.3 Å². The third-order valence-electron chi connectivity index (χ3n) is 5.41. The first-order valence-corrected chi connectivity index (χ1v) is 10.4. The number of hydrogen-bond acceptors (Lipinski definition) is 7. The van der Waals surface area contributed by atoms with E-state index in [1.165, 1.54) is 50.1 Å². The largest absolute Gasteiger partial charge is 0.383 e. The molecule has 0 bridgehead atoms. The molecule has 0 aliphatic heterocycles. The molecule has 2 heterocycles. The van der Waals surface area contributed by atoms with Gasteiger partial charge in [0.2, 0.25) is 0 Å². The molecule has 3 aromatic rings. The Morgan fingerprint density at radius 2 is 1.90 bits per heavy atom.